The summed E-state index contributed by atoms with van der Waals surface area (Å²) < 4.78 is 1.97. The molecule has 0 saturated heterocycles. The Morgan fingerprint density at radius 3 is 2.92 bits per heavy atom. The average molecular weight is 352 g/mol. The Labute approximate surface area is 150 Å². The molecule has 0 bridgehead atoms. The molecule has 5 nitrogen and oxygen atoms in total. The van der Waals surface area contributed by atoms with E-state index in [1.807, 2.05) is 23.1 Å². The van der Waals surface area contributed by atoms with Crippen molar-refractivity contribution in [2.45, 2.75) is 32.7 Å². The molecular weight excluding hydrogens is 332 g/mol. The van der Waals surface area contributed by atoms with Crippen LogP contribution in [0.2, 0.25) is 0 Å². The van der Waals surface area contributed by atoms with Crippen LogP contribution in [-0.4, -0.2) is 20.7 Å². The fraction of sp³-hybridized carbons (Fsp3) is 0.316. The van der Waals surface area contributed by atoms with Gasteiger partial charge in [-0.25, -0.2) is 0 Å². The molecule has 128 valence electrons. The van der Waals surface area contributed by atoms with E-state index in [1.165, 1.54) is 0 Å². The quantitative estimate of drug-likeness (QED) is 0.714. The van der Waals surface area contributed by atoms with Gasteiger partial charge < -0.3 is 5.32 Å². The largest absolute Gasteiger partial charge is 0.324 e. The second-order valence-corrected chi connectivity index (χ2v) is 7.33. The van der Waals surface area contributed by atoms with Crippen LogP contribution in [0.3, 0.4) is 0 Å². The fourth-order valence-corrected chi connectivity index (χ4v) is 3.64. The standard InChI is InChI=1S/C19H20N4OS/c1-2-5-23-11-16(9-21-23)15-7-18(25-12-15)14-6-17(10-20-8-14)22-19(24)13-3-4-13/h6-13H,2-5H2,1H3,(H,22,24). The van der Waals surface area contributed by atoms with Crippen molar-refractivity contribution >= 4 is 22.9 Å². The van der Waals surface area contributed by atoms with E-state index in [0.717, 1.165) is 53.1 Å². The summed E-state index contributed by atoms with van der Waals surface area (Å²) in [4.78, 5) is 17.3. The molecule has 25 heavy (non-hydrogen) atoms. The van der Waals surface area contributed by atoms with Crippen LogP contribution < -0.4 is 5.32 Å². The van der Waals surface area contributed by atoms with Crippen LogP contribution in [0, 0.1) is 5.92 Å². The van der Waals surface area contributed by atoms with E-state index in [9.17, 15) is 4.79 Å². The van der Waals surface area contributed by atoms with Crippen LogP contribution >= 0.6 is 11.3 Å². The number of hydrogen-bond donors (Lipinski definition) is 1. The lowest BCUT2D eigenvalue weighted by molar-refractivity contribution is -0.117. The van der Waals surface area contributed by atoms with Gasteiger partial charge >= 0.3 is 0 Å². The van der Waals surface area contributed by atoms with Gasteiger partial charge in [0.1, 0.15) is 0 Å². The Morgan fingerprint density at radius 2 is 2.12 bits per heavy atom. The number of aromatic nitrogens is 3. The first kappa shape index (κ1) is 16.0. The van der Waals surface area contributed by atoms with Crippen LogP contribution in [0.1, 0.15) is 26.2 Å². The van der Waals surface area contributed by atoms with Crippen LogP contribution in [0.5, 0.6) is 0 Å². The number of nitrogens with zero attached hydrogens (tertiary/aromatic N) is 3. The highest BCUT2D eigenvalue weighted by molar-refractivity contribution is 7.14. The average Bonchev–Trinajstić information content (AvgIpc) is 3.17. The summed E-state index contributed by atoms with van der Waals surface area (Å²) in [5.74, 6) is 0.297. The van der Waals surface area contributed by atoms with Crippen molar-refractivity contribution in [3.63, 3.8) is 0 Å². The molecule has 0 spiro atoms. The number of pyridine rings is 1. The molecule has 1 fully saturated rings. The van der Waals surface area contributed by atoms with E-state index in [4.69, 9.17) is 0 Å². The van der Waals surface area contributed by atoms with E-state index in [1.54, 1.807) is 17.5 Å². The third-order valence-electron chi connectivity index (χ3n) is 4.26. The zero-order valence-electron chi connectivity index (χ0n) is 14.1. The lowest BCUT2D eigenvalue weighted by atomic mass is 10.1. The topological polar surface area (TPSA) is 59.8 Å². The maximum atomic E-state index is 11.9. The first-order chi connectivity index (χ1) is 12.2. The molecule has 0 aromatic carbocycles. The predicted octanol–water partition coefficient (Wildman–Crippen LogP) is 4.43. The van der Waals surface area contributed by atoms with Crippen molar-refractivity contribution in [2.75, 3.05) is 5.32 Å². The summed E-state index contributed by atoms with van der Waals surface area (Å²) in [6, 6.07) is 4.14. The molecule has 1 amide bonds. The van der Waals surface area contributed by atoms with Crippen LogP contribution in [0.4, 0.5) is 5.69 Å². The van der Waals surface area contributed by atoms with E-state index >= 15 is 0 Å². The number of hydrogen-bond acceptors (Lipinski definition) is 4. The van der Waals surface area contributed by atoms with E-state index in [2.05, 4.69) is 40.0 Å². The minimum atomic E-state index is 0.106. The second-order valence-electron chi connectivity index (χ2n) is 6.42. The molecule has 3 aromatic rings. The molecule has 1 aliphatic rings. The number of carbonyl (C=O) groups is 1. The maximum absolute atomic E-state index is 11.9. The molecule has 3 heterocycles. The molecule has 1 aliphatic carbocycles. The summed E-state index contributed by atoms with van der Waals surface area (Å²) in [5, 5.41) is 9.49. The van der Waals surface area contributed by atoms with Crippen LogP contribution in [0.25, 0.3) is 21.6 Å². The highest BCUT2D eigenvalue weighted by atomic mass is 32.1. The van der Waals surface area contributed by atoms with Crippen molar-refractivity contribution in [3.8, 4) is 21.6 Å². The van der Waals surface area contributed by atoms with Crippen molar-refractivity contribution in [1.29, 1.82) is 0 Å². The van der Waals surface area contributed by atoms with Crippen molar-refractivity contribution in [3.05, 3.63) is 42.3 Å². The molecule has 1 N–H and O–H groups in total. The van der Waals surface area contributed by atoms with Crippen LogP contribution in [0.15, 0.2) is 42.3 Å². The third-order valence-corrected chi connectivity index (χ3v) is 5.24. The van der Waals surface area contributed by atoms with Gasteiger partial charge in [0.05, 0.1) is 18.1 Å². The molecular formula is C19H20N4OS. The monoisotopic (exact) mass is 352 g/mol. The lowest BCUT2D eigenvalue weighted by Crippen LogP contribution is -2.13. The minimum Gasteiger partial charge on any atom is -0.324 e. The maximum Gasteiger partial charge on any atom is 0.227 e. The Balaban J connectivity index is 1.53. The van der Waals surface area contributed by atoms with Gasteiger partial charge in [-0.2, -0.15) is 5.10 Å². The lowest BCUT2D eigenvalue weighted by Gasteiger charge is -2.05. The molecule has 0 unspecified atom stereocenters. The van der Waals surface area contributed by atoms with Gasteiger partial charge in [-0.05, 0) is 42.3 Å². The smallest absolute Gasteiger partial charge is 0.227 e. The highest BCUT2D eigenvalue weighted by Gasteiger charge is 2.29. The van der Waals surface area contributed by atoms with E-state index in [-0.39, 0.29) is 11.8 Å². The van der Waals surface area contributed by atoms with Gasteiger partial charge in [-0.1, -0.05) is 6.92 Å². The number of aryl methyl sites for hydroxylation is 1. The van der Waals surface area contributed by atoms with Gasteiger partial charge in [0.25, 0.3) is 0 Å². The number of anilines is 1. The molecule has 0 aliphatic heterocycles. The number of rotatable bonds is 6. The van der Waals surface area contributed by atoms with Gasteiger partial charge in [-0.3, -0.25) is 14.5 Å². The summed E-state index contributed by atoms with van der Waals surface area (Å²) in [6.45, 7) is 3.08. The van der Waals surface area contributed by atoms with E-state index in [0.29, 0.717) is 0 Å². The Kier molecular flexibility index (Phi) is 4.36. The van der Waals surface area contributed by atoms with Crippen molar-refractivity contribution in [1.82, 2.24) is 14.8 Å². The van der Waals surface area contributed by atoms with E-state index < -0.39 is 0 Å². The predicted molar refractivity (Wildman–Crippen MR) is 100 cm³/mol. The highest BCUT2D eigenvalue weighted by Crippen LogP contribution is 2.34. The molecule has 0 radical (unpaired) electrons. The molecule has 6 heteroatoms. The SMILES string of the molecule is CCCn1cc(-c2csc(-c3cncc(NC(=O)C4CC4)c3)c2)cn1. The van der Waals surface area contributed by atoms with Gasteiger partial charge in [0.2, 0.25) is 5.91 Å². The molecule has 3 aromatic heterocycles. The van der Waals surface area contributed by atoms with Crippen LogP contribution in [-0.2, 0) is 11.3 Å². The molecule has 1 saturated carbocycles. The molecule has 4 rings (SSSR count). The number of thiophene rings is 1. The van der Waals surface area contributed by atoms with Crippen molar-refractivity contribution < 1.29 is 4.79 Å². The normalized spacial score (nSPS) is 13.8. The second kappa shape index (κ2) is 6.80. The summed E-state index contributed by atoms with van der Waals surface area (Å²) in [5.41, 5.74) is 4.07. The first-order valence-corrected chi connectivity index (χ1v) is 9.48. The Hall–Kier alpha value is -2.47. The van der Waals surface area contributed by atoms with Gasteiger partial charge in [0, 0.05) is 40.9 Å². The number of carbonyl (C=O) groups excluding carboxylic acids is 1. The minimum absolute atomic E-state index is 0.106. The summed E-state index contributed by atoms with van der Waals surface area (Å²) in [7, 11) is 0. The zero-order valence-corrected chi connectivity index (χ0v) is 14.9. The molecule has 0 atom stereocenters. The third kappa shape index (κ3) is 3.64. The van der Waals surface area contributed by atoms with Crippen molar-refractivity contribution in [2.24, 2.45) is 5.92 Å². The summed E-state index contributed by atoms with van der Waals surface area (Å²) >= 11 is 1.68. The van der Waals surface area contributed by atoms with Gasteiger partial charge in [0.15, 0.2) is 0 Å². The number of nitrogens with one attached hydrogen (secondary N) is 1. The summed E-state index contributed by atoms with van der Waals surface area (Å²) in [6.07, 6.45) is 10.6. The van der Waals surface area contributed by atoms with Gasteiger partial charge in [-0.15, -0.1) is 11.3 Å². The first-order valence-electron chi connectivity index (χ1n) is 8.60. The fourth-order valence-electron chi connectivity index (χ4n) is 2.74. The Bertz CT molecular complexity index is 894. The zero-order chi connectivity index (χ0) is 17.2. The number of amides is 1. The Morgan fingerprint density at radius 1 is 1.24 bits per heavy atom.